The fraction of sp³-hybridized carbons (Fsp3) is 0.400. The van der Waals surface area contributed by atoms with Gasteiger partial charge in [-0.25, -0.2) is 9.78 Å². The summed E-state index contributed by atoms with van der Waals surface area (Å²) in [6, 6.07) is 4.58. The molecule has 0 saturated heterocycles. The van der Waals surface area contributed by atoms with Gasteiger partial charge >= 0.3 is 5.97 Å². The number of carboxylic acid groups (broad SMARTS) is 1. The second-order valence-corrected chi connectivity index (χ2v) is 3.94. The molecule has 7 heteroatoms. The van der Waals surface area contributed by atoms with Gasteiger partial charge in [0.05, 0.1) is 0 Å². The maximum atomic E-state index is 10.6. The van der Waals surface area contributed by atoms with Gasteiger partial charge in [0.1, 0.15) is 6.61 Å². The van der Waals surface area contributed by atoms with Crippen molar-refractivity contribution in [3.05, 3.63) is 23.9 Å². The topological polar surface area (TPSA) is 85.4 Å². The molecule has 1 heterocycles. The van der Waals surface area contributed by atoms with Crippen molar-refractivity contribution in [3.63, 3.8) is 0 Å². The zero-order chi connectivity index (χ0) is 11.5. The van der Waals surface area contributed by atoms with E-state index in [1.165, 1.54) is 6.07 Å². The average molecular weight is 283 g/mol. The van der Waals surface area contributed by atoms with E-state index in [1.54, 1.807) is 12.1 Å². The molecule has 0 radical (unpaired) electrons. The van der Waals surface area contributed by atoms with Crippen LogP contribution in [-0.4, -0.2) is 28.2 Å². The Balaban J connectivity index is 0. The van der Waals surface area contributed by atoms with Crippen LogP contribution in [0.2, 0.25) is 0 Å². The minimum atomic E-state index is -1.08. The SMILES string of the molecule is CC(C)(N)COc1cccc(C(=O)O)n1.Cl.Cl. The molecule has 5 nitrogen and oxygen atoms in total. The molecule has 1 aromatic heterocycles. The van der Waals surface area contributed by atoms with Gasteiger partial charge in [-0.3, -0.25) is 0 Å². The summed E-state index contributed by atoms with van der Waals surface area (Å²) in [5.74, 6) is -0.805. The van der Waals surface area contributed by atoms with Crippen LogP contribution in [0.5, 0.6) is 5.88 Å². The smallest absolute Gasteiger partial charge is 0.354 e. The summed E-state index contributed by atoms with van der Waals surface area (Å²) >= 11 is 0. The quantitative estimate of drug-likeness (QED) is 0.879. The largest absolute Gasteiger partial charge is 0.477 e. The zero-order valence-corrected chi connectivity index (χ0v) is 11.2. The number of ether oxygens (including phenoxy) is 1. The van der Waals surface area contributed by atoms with Crippen LogP contribution in [0.4, 0.5) is 0 Å². The van der Waals surface area contributed by atoms with Crippen LogP contribution in [0.15, 0.2) is 18.2 Å². The predicted octanol–water partition coefficient (Wildman–Crippen LogP) is 1.74. The van der Waals surface area contributed by atoms with Crippen LogP contribution in [0, 0.1) is 0 Å². The summed E-state index contributed by atoms with van der Waals surface area (Å²) in [5.41, 5.74) is 5.20. The van der Waals surface area contributed by atoms with Crippen LogP contribution >= 0.6 is 24.8 Å². The Morgan fingerprint density at radius 3 is 2.53 bits per heavy atom. The first-order valence-electron chi connectivity index (χ1n) is 4.50. The third-order valence-corrected chi connectivity index (χ3v) is 1.53. The van der Waals surface area contributed by atoms with Gasteiger partial charge in [0.2, 0.25) is 5.88 Å². The lowest BCUT2D eigenvalue weighted by Gasteiger charge is -2.18. The number of aromatic nitrogens is 1. The molecule has 0 aliphatic carbocycles. The number of halogens is 2. The van der Waals surface area contributed by atoms with Crippen molar-refractivity contribution in [3.8, 4) is 5.88 Å². The highest BCUT2D eigenvalue weighted by molar-refractivity contribution is 5.86. The van der Waals surface area contributed by atoms with Crippen molar-refractivity contribution in [1.82, 2.24) is 4.98 Å². The molecule has 0 spiro atoms. The van der Waals surface area contributed by atoms with E-state index in [-0.39, 0.29) is 43.0 Å². The van der Waals surface area contributed by atoms with Crippen LogP contribution in [0.1, 0.15) is 24.3 Å². The molecule has 0 aliphatic rings. The lowest BCUT2D eigenvalue weighted by molar-refractivity contribution is 0.0689. The molecular formula is C10H16Cl2N2O3. The predicted molar refractivity (Wildman–Crippen MR) is 69.5 cm³/mol. The lowest BCUT2D eigenvalue weighted by Crippen LogP contribution is -2.38. The Morgan fingerprint density at radius 2 is 2.06 bits per heavy atom. The minimum Gasteiger partial charge on any atom is -0.477 e. The molecule has 0 aromatic carbocycles. The minimum absolute atomic E-state index is 0. The Kier molecular flexibility index (Phi) is 7.89. The van der Waals surface area contributed by atoms with Gasteiger partial charge in [-0.1, -0.05) is 6.07 Å². The average Bonchev–Trinajstić information content (AvgIpc) is 2.14. The summed E-state index contributed by atoms with van der Waals surface area (Å²) in [7, 11) is 0. The van der Waals surface area contributed by atoms with E-state index < -0.39 is 11.5 Å². The normalized spacial score (nSPS) is 9.82. The summed E-state index contributed by atoms with van der Waals surface area (Å²) in [6.45, 7) is 3.91. The second kappa shape index (κ2) is 7.32. The van der Waals surface area contributed by atoms with Crippen LogP contribution in [0.25, 0.3) is 0 Å². The number of hydrogen-bond donors (Lipinski definition) is 2. The fourth-order valence-electron chi connectivity index (χ4n) is 0.874. The van der Waals surface area contributed by atoms with E-state index in [2.05, 4.69) is 4.98 Å². The summed E-state index contributed by atoms with van der Waals surface area (Å²) in [4.78, 5) is 14.4. The lowest BCUT2D eigenvalue weighted by atomic mass is 10.1. The van der Waals surface area contributed by atoms with E-state index in [0.29, 0.717) is 0 Å². The fourth-order valence-corrected chi connectivity index (χ4v) is 0.874. The number of carbonyl (C=O) groups is 1. The van der Waals surface area contributed by atoms with Crippen molar-refractivity contribution in [2.75, 3.05) is 6.61 Å². The third-order valence-electron chi connectivity index (χ3n) is 1.53. The Hall–Kier alpha value is -1.04. The number of aromatic carboxylic acids is 1. The van der Waals surface area contributed by atoms with Gasteiger partial charge in [0.15, 0.2) is 5.69 Å². The van der Waals surface area contributed by atoms with Crippen molar-refractivity contribution in [1.29, 1.82) is 0 Å². The Bertz CT molecular complexity index is 367. The van der Waals surface area contributed by atoms with E-state index in [1.807, 2.05) is 13.8 Å². The first-order chi connectivity index (χ1) is 6.88. The molecule has 0 aliphatic heterocycles. The molecule has 0 atom stereocenters. The maximum absolute atomic E-state index is 10.6. The third kappa shape index (κ3) is 6.99. The molecule has 0 amide bonds. The molecular weight excluding hydrogens is 267 g/mol. The molecule has 0 fully saturated rings. The van der Waals surface area contributed by atoms with Crippen molar-refractivity contribution < 1.29 is 14.6 Å². The zero-order valence-electron chi connectivity index (χ0n) is 9.54. The Morgan fingerprint density at radius 1 is 1.47 bits per heavy atom. The molecule has 3 N–H and O–H groups in total. The number of nitrogens with zero attached hydrogens (tertiary/aromatic N) is 1. The monoisotopic (exact) mass is 282 g/mol. The number of rotatable bonds is 4. The highest BCUT2D eigenvalue weighted by atomic mass is 35.5. The summed E-state index contributed by atoms with van der Waals surface area (Å²) < 4.78 is 5.26. The number of nitrogens with two attached hydrogens (primary N) is 1. The van der Waals surface area contributed by atoms with Crippen molar-refractivity contribution in [2.24, 2.45) is 5.73 Å². The van der Waals surface area contributed by atoms with Crippen LogP contribution in [0.3, 0.4) is 0 Å². The van der Waals surface area contributed by atoms with E-state index in [0.717, 1.165) is 0 Å². The van der Waals surface area contributed by atoms with E-state index in [4.69, 9.17) is 15.6 Å². The van der Waals surface area contributed by atoms with Crippen LogP contribution in [-0.2, 0) is 0 Å². The first kappa shape index (κ1) is 18.3. The van der Waals surface area contributed by atoms with Gasteiger partial charge in [-0.15, -0.1) is 24.8 Å². The molecule has 17 heavy (non-hydrogen) atoms. The van der Waals surface area contributed by atoms with Gasteiger partial charge in [0.25, 0.3) is 0 Å². The number of carboxylic acids is 1. The highest BCUT2D eigenvalue weighted by Crippen LogP contribution is 2.09. The number of pyridine rings is 1. The molecule has 1 aromatic rings. The highest BCUT2D eigenvalue weighted by Gasteiger charge is 2.12. The Labute approximate surface area is 112 Å². The van der Waals surface area contributed by atoms with Crippen molar-refractivity contribution >= 4 is 30.8 Å². The maximum Gasteiger partial charge on any atom is 0.354 e. The van der Waals surface area contributed by atoms with Crippen LogP contribution < -0.4 is 10.5 Å². The number of hydrogen-bond acceptors (Lipinski definition) is 4. The first-order valence-corrected chi connectivity index (χ1v) is 4.50. The van der Waals surface area contributed by atoms with Gasteiger partial charge in [-0.2, -0.15) is 0 Å². The summed E-state index contributed by atoms with van der Waals surface area (Å²) in [6.07, 6.45) is 0. The molecule has 0 saturated carbocycles. The van der Waals surface area contributed by atoms with E-state index in [9.17, 15) is 4.79 Å². The standard InChI is InChI=1S/C10H14N2O3.2ClH/c1-10(2,11)6-15-8-5-3-4-7(12-8)9(13)14;;/h3-5H,6,11H2,1-2H3,(H,13,14);2*1H. The molecule has 0 bridgehead atoms. The molecule has 0 unspecified atom stereocenters. The van der Waals surface area contributed by atoms with Gasteiger partial charge in [0, 0.05) is 11.6 Å². The molecule has 1 rings (SSSR count). The van der Waals surface area contributed by atoms with E-state index >= 15 is 0 Å². The van der Waals surface area contributed by atoms with Gasteiger partial charge < -0.3 is 15.6 Å². The summed E-state index contributed by atoms with van der Waals surface area (Å²) in [5, 5.41) is 8.69. The molecule has 98 valence electrons. The van der Waals surface area contributed by atoms with Crippen molar-refractivity contribution in [2.45, 2.75) is 19.4 Å². The van der Waals surface area contributed by atoms with Gasteiger partial charge in [-0.05, 0) is 19.9 Å². The second-order valence-electron chi connectivity index (χ2n) is 3.94.